The third-order valence-corrected chi connectivity index (χ3v) is 20.1. The molecule has 2 aliphatic rings. The fourth-order valence-corrected chi connectivity index (χ4v) is 15.4. The van der Waals surface area contributed by atoms with Crippen molar-refractivity contribution in [3.63, 3.8) is 0 Å². The molecule has 2 aliphatic carbocycles. The standard InChI is InChI=1S/C48H34N4.C41H29N3/c1-48(2)39-24-13-12-23-37(39)43-40(48)26-28-42-44(43)38-30-34(31-15-6-3-7-16-31)25-27-41(38)52(42)36-22-14-21-35(29-36)47-50-45(32-17-8-4-9-18-32)49-46(51-47)33-19-10-5-11-20-33;1-41(2)32-17-9-6-14-29(32)37-33(41)24-25-36-38(37)31-16-8-11-19-35(31)44(36)40-42-34-18-10-7-15-30(34)39(43-40)28-22-20-27(21-23-28)26-12-4-3-5-13-26/h3-30H,1-2H3;3-25H,1-2H3. The number of hydrogen-bond donors (Lipinski definition) is 0. The Hall–Kier alpha value is -12.2. The summed E-state index contributed by atoms with van der Waals surface area (Å²) in [5.74, 6) is 2.62. The van der Waals surface area contributed by atoms with Gasteiger partial charge in [0.1, 0.15) is 0 Å². The highest BCUT2D eigenvalue weighted by atomic mass is 15.2. The van der Waals surface area contributed by atoms with E-state index in [1.54, 1.807) is 0 Å². The van der Waals surface area contributed by atoms with Gasteiger partial charge in [0, 0.05) is 65.7 Å². The Morgan fingerprint density at radius 1 is 0.260 bits per heavy atom. The first-order valence-corrected chi connectivity index (χ1v) is 33.0. The van der Waals surface area contributed by atoms with Gasteiger partial charge in [-0.3, -0.25) is 4.57 Å². The van der Waals surface area contributed by atoms with Gasteiger partial charge in [-0.05, 0) is 115 Å². The lowest BCUT2D eigenvalue weighted by Crippen LogP contribution is -2.14. The van der Waals surface area contributed by atoms with Crippen LogP contribution < -0.4 is 0 Å². The van der Waals surface area contributed by atoms with Crippen molar-refractivity contribution in [3.8, 4) is 102 Å². The van der Waals surface area contributed by atoms with Gasteiger partial charge in [0.05, 0.1) is 33.3 Å². The molecule has 0 radical (unpaired) electrons. The van der Waals surface area contributed by atoms with Gasteiger partial charge in [-0.2, -0.15) is 0 Å². The predicted molar refractivity (Wildman–Crippen MR) is 396 cm³/mol. The molecule has 4 aromatic heterocycles. The van der Waals surface area contributed by atoms with Gasteiger partial charge in [-0.1, -0.05) is 289 Å². The molecule has 0 N–H and O–H groups in total. The maximum absolute atomic E-state index is 5.33. The van der Waals surface area contributed by atoms with Gasteiger partial charge in [-0.25, -0.2) is 24.9 Å². The highest BCUT2D eigenvalue weighted by molar-refractivity contribution is 6.20. The number of benzene rings is 13. The molecule has 0 saturated carbocycles. The molecule has 0 spiro atoms. The van der Waals surface area contributed by atoms with Crippen LogP contribution in [-0.4, -0.2) is 34.1 Å². The van der Waals surface area contributed by atoms with Gasteiger partial charge in [-0.15, -0.1) is 0 Å². The molecule has 0 aliphatic heterocycles. The first-order chi connectivity index (χ1) is 47.1. The Balaban J connectivity index is 0.000000142. The second-order valence-electron chi connectivity index (χ2n) is 26.3. The molecular formula is C89H63N7. The zero-order valence-corrected chi connectivity index (χ0v) is 53.6. The third-order valence-electron chi connectivity index (χ3n) is 20.1. The van der Waals surface area contributed by atoms with Crippen LogP contribution in [0.3, 0.4) is 0 Å². The monoisotopic (exact) mass is 1230 g/mol. The lowest BCUT2D eigenvalue weighted by molar-refractivity contribution is 0.660. The molecule has 0 unspecified atom stereocenters. The fourth-order valence-electron chi connectivity index (χ4n) is 15.4. The Bertz CT molecular complexity index is 5870. The molecule has 96 heavy (non-hydrogen) atoms. The normalized spacial score (nSPS) is 13.2. The highest BCUT2D eigenvalue weighted by Crippen LogP contribution is 2.55. The van der Waals surface area contributed by atoms with Gasteiger partial charge < -0.3 is 4.57 Å². The summed E-state index contributed by atoms with van der Waals surface area (Å²) in [5, 5.41) is 6.05. The summed E-state index contributed by atoms with van der Waals surface area (Å²) in [6.07, 6.45) is 0. The van der Waals surface area contributed by atoms with Crippen molar-refractivity contribution in [1.29, 1.82) is 0 Å². The van der Waals surface area contributed by atoms with E-state index in [1.165, 1.54) is 93.8 Å². The van der Waals surface area contributed by atoms with E-state index >= 15 is 0 Å². The van der Waals surface area contributed by atoms with Crippen LogP contribution in [0, 0.1) is 0 Å². The van der Waals surface area contributed by atoms with Crippen molar-refractivity contribution in [1.82, 2.24) is 34.1 Å². The summed E-state index contributed by atoms with van der Waals surface area (Å²) >= 11 is 0. The molecule has 454 valence electrons. The average Bonchev–Trinajstić information content (AvgIpc) is 1.55. The first-order valence-electron chi connectivity index (χ1n) is 33.0. The largest absolute Gasteiger partial charge is 0.309 e. The van der Waals surface area contributed by atoms with E-state index in [2.05, 4.69) is 286 Å². The summed E-state index contributed by atoms with van der Waals surface area (Å²) in [6.45, 7) is 9.38. The molecule has 17 aromatic rings. The molecule has 7 nitrogen and oxygen atoms in total. The first kappa shape index (κ1) is 56.6. The number of fused-ring (bicyclic) bond motifs is 15. The van der Waals surface area contributed by atoms with Crippen LogP contribution in [0.2, 0.25) is 0 Å². The number of nitrogens with zero attached hydrogens (tertiary/aromatic N) is 7. The molecule has 0 saturated heterocycles. The molecule has 13 aromatic carbocycles. The van der Waals surface area contributed by atoms with E-state index < -0.39 is 0 Å². The van der Waals surface area contributed by atoms with Crippen LogP contribution in [-0.2, 0) is 10.8 Å². The fraction of sp³-hybridized carbons (Fsp3) is 0.0674. The smallest absolute Gasteiger partial charge is 0.235 e. The summed E-state index contributed by atoms with van der Waals surface area (Å²) < 4.78 is 4.67. The Morgan fingerprint density at radius 3 is 1.29 bits per heavy atom. The number of para-hydroxylation sites is 2. The Labute approximate surface area is 557 Å². The zero-order chi connectivity index (χ0) is 64.2. The molecular weight excluding hydrogens is 1170 g/mol. The van der Waals surface area contributed by atoms with Crippen molar-refractivity contribution in [2.75, 3.05) is 0 Å². The van der Waals surface area contributed by atoms with Crippen LogP contribution in [0.4, 0.5) is 0 Å². The molecule has 0 atom stereocenters. The minimum atomic E-state index is -0.100. The maximum Gasteiger partial charge on any atom is 0.235 e. The molecule has 7 heteroatoms. The Kier molecular flexibility index (Phi) is 13.1. The van der Waals surface area contributed by atoms with Gasteiger partial charge in [0.15, 0.2) is 17.5 Å². The topological polar surface area (TPSA) is 74.3 Å². The quantitative estimate of drug-likeness (QED) is 0.152. The van der Waals surface area contributed by atoms with Crippen LogP contribution in [0.5, 0.6) is 0 Å². The molecule has 0 amide bonds. The maximum atomic E-state index is 5.33. The van der Waals surface area contributed by atoms with E-state index in [-0.39, 0.29) is 10.8 Å². The molecule has 19 rings (SSSR count). The van der Waals surface area contributed by atoms with E-state index in [1.807, 2.05) is 60.7 Å². The lowest BCUT2D eigenvalue weighted by Gasteiger charge is -2.21. The summed E-state index contributed by atoms with van der Waals surface area (Å²) in [7, 11) is 0. The van der Waals surface area contributed by atoms with Crippen LogP contribution >= 0.6 is 0 Å². The SMILES string of the molecule is CC1(C)c2ccccc2-c2c1ccc1c2c2cc(-c3ccccc3)ccc2n1-c1cccc(-c2nc(-c3ccccc3)nc(-c3ccccc3)n2)c1.CC1(C)c2ccccc2-c2c1ccc1c2c2ccccc2n1-c1nc(-c2ccc(-c3ccccc3)cc2)c2ccccc2n1. The van der Waals surface area contributed by atoms with E-state index in [4.69, 9.17) is 24.9 Å². The molecule has 0 bridgehead atoms. The van der Waals surface area contributed by atoms with E-state index in [0.717, 1.165) is 61.1 Å². The highest BCUT2D eigenvalue weighted by Gasteiger charge is 2.39. The summed E-state index contributed by atoms with van der Waals surface area (Å²) in [6, 6.07) is 110. The van der Waals surface area contributed by atoms with Crippen molar-refractivity contribution < 1.29 is 0 Å². The summed E-state index contributed by atoms with van der Waals surface area (Å²) in [5.41, 5.74) is 26.8. The second kappa shape index (κ2) is 22.3. The van der Waals surface area contributed by atoms with Crippen molar-refractivity contribution in [3.05, 3.63) is 332 Å². The van der Waals surface area contributed by atoms with Crippen molar-refractivity contribution in [2.45, 2.75) is 38.5 Å². The van der Waals surface area contributed by atoms with Gasteiger partial charge >= 0.3 is 0 Å². The lowest BCUT2D eigenvalue weighted by atomic mass is 9.82. The summed E-state index contributed by atoms with van der Waals surface area (Å²) in [4.78, 5) is 25.5. The predicted octanol–water partition coefficient (Wildman–Crippen LogP) is 22.3. The number of hydrogen-bond acceptors (Lipinski definition) is 5. The van der Waals surface area contributed by atoms with Crippen LogP contribution in [0.15, 0.2) is 309 Å². The van der Waals surface area contributed by atoms with Crippen molar-refractivity contribution >= 4 is 54.5 Å². The molecule has 0 fully saturated rings. The van der Waals surface area contributed by atoms with Crippen molar-refractivity contribution in [2.24, 2.45) is 0 Å². The Morgan fingerprint density at radius 2 is 0.688 bits per heavy atom. The van der Waals surface area contributed by atoms with E-state index in [0.29, 0.717) is 23.4 Å². The number of aromatic nitrogens is 7. The van der Waals surface area contributed by atoms with Gasteiger partial charge in [0.2, 0.25) is 5.95 Å². The average molecular weight is 1230 g/mol. The zero-order valence-electron chi connectivity index (χ0n) is 53.6. The van der Waals surface area contributed by atoms with Crippen LogP contribution in [0.25, 0.3) is 156 Å². The minimum Gasteiger partial charge on any atom is -0.309 e. The minimum absolute atomic E-state index is 0.0676. The van der Waals surface area contributed by atoms with Crippen LogP contribution in [0.1, 0.15) is 49.9 Å². The van der Waals surface area contributed by atoms with Gasteiger partial charge in [0.25, 0.3) is 0 Å². The number of rotatable bonds is 8. The molecule has 4 heterocycles. The third kappa shape index (κ3) is 9.06. The second-order valence-corrected chi connectivity index (χ2v) is 26.3. The van der Waals surface area contributed by atoms with E-state index in [9.17, 15) is 0 Å².